The topological polar surface area (TPSA) is 79.9 Å². The van der Waals surface area contributed by atoms with Crippen LogP contribution >= 0.6 is 0 Å². The van der Waals surface area contributed by atoms with Crippen LogP contribution in [0.5, 0.6) is 11.5 Å². The van der Waals surface area contributed by atoms with Gasteiger partial charge in [-0.3, -0.25) is 4.79 Å². The van der Waals surface area contributed by atoms with Crippen molar-refractivity contribution in [1.82, 2.24) is 10.2 Å². The molecule has 0 aliphatic carbocycles. The van der Waals surface area contributed by atoms with Crippen LogP contribution in [0.1, 0.15) is 31.4 Å². The summed E-state index contributed by atoms with van der Waals surface area (Å²) < 4.78 is 11.2. The number of benzene rings is 2. The van der Waals surface area contributed by atoms with Gasteiger partial charge in [-0.05, 0) is 49.6 Å². The zero-order chi connectivity index (χ0) is 20.9. The van der Waals surface area contributed by atoms with E-state index in [0.29, 0.717) is 32.1 Å². The second kappa shape index (κ2) is 9.07. The minimum atomic E-state index is -0.222. The predicted octanol–water partition coefficient (Wildman–Crippen LogP) is 3.58. The Morgan fingerprint density at radius 3 is 2.63 bits per heavy atom. The number of fused-ring (bicyclic) bond motifs is 1. The van der Waals surface area contributed by atoms with Crippen LogP contribution in [0, 0.1) is 5.92 Å². The number of anilines is 1. The Labute approximate surface area is 176 Å². The number of rotatable bonds is 4. The zero-order valence-corrected chi connectivity index (χ0v) is 17.1. The van der Waals surface area contributed by atoms with E-state index in [1.54, 1.807) is 4.90 Å². The average molecular weight is 409 g/mol. The van der Waals surface area contributed by atoms with Gasteiger partial charge in [0, 0.05) is 18.8 Å². The summed E-state index contributed by atoms with van der Waals surface area (Å²) >= 11 is 0. The van der Waals surface area contributed by atoms with E-state index in [-0.39, 0.29) is 23.9 Å². The molecule has 2 unspecified atom stereocenters. The molecule has 0 aromatic heterocycles. The predicted molar refractivity (Wildman–Crippen MR) is 114 cm³/mol. The summed E-state index contributed by atoms with van der Waals surface area (Å²) in [4.78, 5) is 27.2. The highest BCUT2D eigenvalue weighted by Gasteiger charge is 2.29. The molecule has 0 bridgehead atoms. The SMILES string of the molecule is CC(NC(=O)C1CCCN(C(=O)Nc2ccccc2)C1)c1ccc2c(c1)OCCO2. The van der Waals surface area contributed by atoms with Gasteiger partial charge < -0.3 is 25.0 Å². The van der Waals surface area contributed by atoms with Crippen LogP contribution in [0.25, 0.3) is 0 Å². The number of hydrogen-bond donors (Lipinski definition) is 2. The molecule has 2 atom stereocenters. The molecule has 7 heteroatoms. The quantitative estimate of drug-likeness (QED) is 0.809. The summed E-state index contributed by atoms with van der Waals surface area (Å²) in [6.07, 6.45) is 1.58. The number of urea groups is 1. The zero-order valence-electron chi connectivity index (χ0n) is 17.1. The van der Waals surface area contributed by atoms with E-state index in [2.05, 4.69) is 10.6 Å². The summed E-state index contributed by atoms with van der Waals surface area (Å²) in [6, 6.07) is 14.8. The van der Waals surface area contributed by atoms with Crippen LogP contribution in [0.15, 0.2) is 48.5 Å². The average Bonchev–Trinajstić information content (AvgIpc) is 2.79. The molecular weight excluding hydrogens is 382 g/mol. The molecule has 1 saturated heterocycles. The fourth-order valence-corrected chi connectivity index (χ4v) is 3.84. The van der Waals surface area contributed by atoms with Gasteiger partial charge in [0.2, 0.25) is 5.91 Å². The first-order valence-corrected chi connectivity index (χ1v) is 10.4. The molecule has 2 aliphatic rings. The Hall–Kier alpha value is -3.22. The molecule has 30 heavy (non-hydrogen) atoms. The Bertz CT molecular complexity index is 903. The molecule has 2 aromatic rings. The van der Waals surface area contributed by atoms with Crippen molar-refractivity contribution in [2.75, 3.05) is 31.6 Å². The van der Waals surface area contributed by atoms with Gasteiger partial charge in [-0.2, -0.15) is 0 Å². The molecule has 1 fully saturated rings. The van der Waals surface area contributed by atoms with Crippen molar-refractivity contribution in [2.45, 2.75) is 25.8 Å². The van der Waals surface area contributed by atoms with E-state index < -0.39 is 0 Å². The molecule has 0 spiro atoms. The van der Waals surface area contributed by atoms with Crippen molar-refractivity contribution in [3.8, 4) is 11.5 Å². The lowest BCUT2D eigenvalue weighted by molar-refractivity contribution is -0.126. The van der Waals surface area contributed by atoms with Crippen molar-refractivity contribution in [3.05, 3.63) is 54.1 Å². The molecular formula is C23H27N3O4. The normalized spacial score (nSPS) is 19.0. The first-order valence-electron chi connectivity index (χ1n) is 10.4. The second-order valence-corrected chi connectivity index (χ2v) is 7.71. The minimum absolute atomic E-state index is 0.0328. The number of nitrogens with one attached hydrogen (secondary N) is 2. The molecule has 0 radical (unpaired) electrons. The number of nitrogens with zero attached hydrogens (tertiary/aromatic N) is 1. The van der Waals surface area contributed by atoms with Crippen LogP contribution in [0.3, 0.4) is 0 Å². The highest BCUT2D eigenvalue weighted by Crippen LogP contribution is 2.32. The third kappa shape index (κ3) is 4.67. The molecule has 4 rings (SSSR count). The summed E-state index contributed by atoms with van der Waals surface area (Å²) in [7, 11) is 0. The van der Waals surface area contributed by atoms with Gasteiger partial charge in [-0.25, -0.2) is 4.79 Å². The fraction of sp³-hybridized carbons (Fsp3) is 0.391. The lowest BCUT2D eigenvalue weighted by atomic mass is 9.96. The molecule has 2 aromatic carbocycles. The Morgan fingerprint density at radius 1 is 1.07 bits per heavy atom. The van der Waals surface area contributed by atoms with Crippen molar-refractivity contribution in [3.63, 3.8) is 0 Å². The van der Waals surface area contributed by atoms with Crippen molar-refractivity contribution in [1.29, 1.82) is 0 Å². The Morgan fingerprint density at radius 2 is 1.83 bits per heavy atom. The van der Waals surface area contributed by atoms with Crippen LogP contribution in [0.2, 0.25) is 0 Å². The first kappa shape index (κ1) is 20.1. The van der Waals surface area contributed by atoms with Crippen molar-refractivity contribution < 1.29 is 19.1 Å². The lowest BCUT2D eigenvalue weighted by Gasteiger charge is -2.32. The molecule has 0 saturated carbocycles. The Kier molecular flexibility index (Phi) is 6.07. The Balaban J connectivity index is 1.34. The third-order valence-electron chi connectivity index (χ3n) is 5.53. The van der Waals surface area contributed by atoms with Crippen molar-refractivity contribution in [2.24, 2.45) is 5.92 Å². The summed E-state index contributed by atoms with van der Waals surface area (Å²) in [5, 5.41) is 5.98. The summed E-state index contributed by atoms with van der Waals surface area (Å²) in [6.45, 7) is 4.10. The highest BCUT2D eigenvalue weighted by molar-refractivity contribution is 5.90. The van der Waals surface area contributed by atoms with Crippen LogP contribution in [-0.2, 0) is 4.79 Å². The number of amides is 3. The van der Waals surface area contributed by atoms with E-state index in [1.807, 2.05) is 55.5 Å². The molecule has 2 heterocycles. The standard InChI is InChI=1S/C23H27N3O4/c1-16(17-9-10-20-21(14-17)30-13-12-29-20)24-22(27)18-6-5-11-26(15-18)23(28)25-19-7-3-2-4-8-19/h2-4,7-10,14,16,18H,5-6,11-13,15H2,1H3,(H,24,27)(H,25,28). The number of carbonyl (C=O) groups is 2. The van der Waals surface area contributed by atoms with E-state index in [9.17, 15) is 9.59 Å². The van der Waals surface area contributed by atoms with E-state index in [1.165, 1.54) is 0 Å². The number of ether oxygens (including phenoxy) is 2. The molecule has 2 aliphatic heterocycles. The van der Waals surface area contributed by atoms with Crippen LogP contribution < -0.4 is 20.1 Å². The smallest absolute Gasteiger partial charge is 0.321 e. The van der Waals surface area contributed by atoms with E-state index in [0.717, 1.165) is 29.8 Å². The highest BCUT2D eigenvalue weighted by atomic mass is 16.6. The molecule has 7 nitrogen and oxygen atoms in total. The van der Waals surface area contributed by atoms with E-state index in [4.69, 9.17) is 9.47 Å². The molecule has 158 valence electrons. The van der Waals surface area contributed by atoms with Gasteiger partial charge in [0.1, 0.15) is 13.2 Å². The maximum atomic E-state index is 12.9. The van der Waals surface area contributed by atoms with Gasteiger partial charge in [-0.15, -0.1) is 0 Å². The number of hydrogen-bond acceptors (Lipinski definition) is 4. The number of likely N-dealkylation sites (tertiary alicyclic amines) is 1. The van der Waals surface area contributed by atoms with Gasteiger partial charge in [0.05, 0.1) is 12.0 Å². The maximum Gasteiger partial charge on any atom is 0.321 e. The monoisotopic (exact) mass is 409 g/mol. The molecule has 2 N–H and O–H groups in total. The first-order chi connectivity index (χ1) is 14.6. The fourth-order valence-electron chi connectivity index (χ4n) is 3.84. The largest absolute Gasteiger partial charge is 0.486 e. The van der Waals surface area contributed by atoms with E-state index >= 15 is 0 Å². The van der Waals surface area contributed by atoms with Crippen LogP contribution in [0.4, 0.5) is 10.5 Å². The lowest BCUT2D eigenvalue weighted by Crippen LogP contribution is -2.47. The maximum absolute atomic E-state index is 12.9. The molecule has 3 amide bonds. The third-order valence-corrected chi connectivity index (χ3v) is 5.53. The van der Waals surface area contributed by atoms with Gasteiger partial charge in [-0.1, -0.05) is 24.3 Å². The number of para-hydroxylation sites is 1. The number of carbonyl (C=O) groups excluding carboxylic acids is 2. The second-order valence-electron chi connectivity index (χ2n) is 7.71. The van der Waals surface area contributed by atoms with Gasteiger partial charge >= 0.3 is 6.03 Å². The number of piperidine rings is 1. The van der Waals surface area contributed by atoms with Gasteiger partial charge in [0.15, 0.2) is 11.5 Å². The summed E-state index contributed by atoms with van der Waals surface area (Å²) in [5.41, 5.74) is 1.71. The van der Waals surface area contributed by atoms with Gasteiger partial charge in [0.25, 0.3) is 0 Å². The summed E-state index contributed by atoms with van der Waals surface area (Å²) in [5.74, 6) is 1.19. The van der Waals surface area contributed by atoms with Crippen molar-refractivity contribution >= 4 is 17.6 Å². The minimum Gasteiger partial charge on any atom is -0.486 e. The van der Waals surface area contributed by atoms with Crippen LogP contribution in [-0.4, -0.2) is 43.1 Å².